The molecule has 0 spiro atoms. The van der Waals surface area contributed by atoms with Crippen molar-refractivity contribution in [1.29, 1.82) is 0 Å². The Bertz CT molecular complexity index is 1140. The summed E-state index contributed by atoms with van der Waals surface area (Å²) < 4.78 is 2.25. The normalized spacial score (nSPS) is 14.4. The van der Waals surface area contributed by atoms with Crippen LogP contribution in [0.2, 0.25) is 0 Å². The van der Waals surface area contributed by atoms with Crippen molar-refractivity contribution in [3.05, 3.63) is 72.3 Å². The number of nitrogens with zero attached hydrogens (tertiary/aromatic N) is 3. The first-order valence-electron chi connectivity index (χ1n) is 9.87. The molecule has 1 aliphatic heterocycles. The number of carboxylic acids is 1. The molecule has 0 saturated carbocycles. The number of fused-ring (bicyclic) bond motifs is 2. The Kier molecular flexibility index (Phi) is 6.01. The molecule has 0 amide bonds. The molecular formula is C25H27N3O2. The number of carboxylic acid groups (broad SMARTS) is 1. The van der Waals surface area contributed by atoms with Crippen LogP contribution in [0, 0.1) is 0 Å². The van der Waals surface area contributed by atoms with Crippen LogP contribution in [0.1, 0.15) is 26.3 Å². The van der Waals surface area contributed by atoms with Crippen molar-refractivity contribution in [2.45, 2.75) is 26.2 Å². The Morgan fingerprint density at radius 3 is 2.33 bits per heavy atom. The van der Waals surface area contributed by atoms with Crippen molar-refractivity contribution in [2.24, 2.45) is 5.10 Å². The highest BCUT2D eigenvalue weighted by atomic mass is 16.4. The number of anilines is 1. The molecule has 5 nitrogen and oxygen atoms in total. The number of carbonyl (C=O) groups excluding carboxylic acids is 1. The standard InChI is InChI=1S/C23H24N3.C2H4O2/c1-23(2)19-13-7-8-14-21(19)25(3)22(23)16-24-26(4)20-15-9-11-17-10-5-6-12-18(17)20;1-2(3)4/h5-16H,1-4H3;1H3,(H,3,4)/q+1;/p-1. The van der Waals surface area contributed by atoms with E-state index in [-0.39, 0.29) is 5.41 Å². The number of rotatable bonds is 3. The molecule has 1 heterocycles. The quantitative estimate of drug-likeness (QED) is 0.382. The van der Waals surface area contributed by atoms with E-state index >= 15 is 0 Å². The first kappa shape index (κ1) is 21.2. The average Bonchev–Trinajstić information content (AvgIpc) is 2.91. The summed E-state index contributed by atoms with van der Waals surface area (Å²) >= 11 is 0. The number of hydrogen-bond acceptors (Lipinski definition) is 4. The molecule has 0 aliphatic carbocycles. The molecule has 5 heteroatoms. The van der Waals surface area contributed by atoms with E-state index in [1.54, 1.807) is 0 Å². The molecule has 30 heavy (non-hydrogen) atoms. The molecule has 0 N–H and O–H groups in total. The van der Waals surface area contributed by atoms with Crippen molar-refractivity contribution < 1.29 is 14.5 Å². The van der Waals surface area contributed by atoms with Crippen LogP contribution < -0.4 is 10.1 Å². The van der Waals surface area contributed by atoms with Crippen molar-refractivity contribution in [3.63, 3.8) is 0 Å². The molecule has 0 aromatic heterocycles. The minimum absolute atomic E-state index is 0.0611. The van der Waals surface area contributed by atoms with E-state index in [0.717, 1.165) is 12.6 Å². The lowest BCUT2D eigenvalue weighted by Gasteiger charge is -2.17. The molecule has 0 unspecified atom stereocenters. The van der Waals surface area contributed by atoms with Crippen LogP contribution in [-0.2, 0) is 10.2 Å². The Hall–Kier alpha value is -3.47. The second-order valence-corrected chi connectivity index (χ2v) is 7.84. The Morgan fingerprint density at radius 2 is 1.63 bits per heavy atom. The summed E-state index contributed by atoms with van der Waals surface area (Å²) in [6.45, 7) is 5.49. The van der Waals surface area contributed by atoms with Crippen LogP contribution in [-0.4, -0.2) is 36.6 Å². The molecule has 0 fully saturated rings. The molecule has 3 aromatic rings. The Labute approximate surface area is 177 Å². The monoisotopic (exact) mass is 401 g/mol. The van der Waals surface area contributed by atoms with E-state index in [9.17, 15) is 0 Å². The topological polar surface area (TPSA) is 58.7 Å². The third-order valence-electron chi connectivity index (χ3n) is 5.41. The third kappa shape index (κ3) is 4.10. The van der Waals surface area contributed by atoms with Gasteiger partial charge in [0, 0.05) is 30.0 Å². The van der Waals surface area contributed by atoms with E-state index in [1.807, 2.05) is 18.3 Å². The van der Waals surface area contributed by atoms with Crippen LogP contribution >= 0.6 is 0 Å². The van der Waals surface area contributed by atoms with Crippen LogP contribution in [0.4, 0.5) is 11.4 Å². The number of hydrazone groups is 1. The number of carbonyl (C=O) groups is 1. The van der Waals surface area contributed by atoms with Crippen molar-refractivity contribution in [2.75, 3.05) is 19.1 Å². The van der Waals surface area contributed by atoms with Gasteiger partial charge in [0.2, 0.25) is 11.4 Å². The van der Waals surface area contributed by atoms with Gasteiger partial charge in [-0.25, -0.2) is 0 Å². The average molecular weight is 402 g/mol. The highest BCUT2D eigenvalue weighted by Gasteiger charge is 2.43. The maximum Gasteiger partial charge on any atom is 0.212 e. The summed E-state index contributed by atoms with van der Waals surface area (Å²) in [7, 11) is 4.13. The zero-order chi connectivity index (χ0) is 21.9. The fourth-order valence-corrected chi connectivity index (χ4v) is 3.92. The fraction of sp³-hybridized carbons (Fsp3) is 0.240. The number of aliphatic carboxylic acids is 1. The van der Waals surface area contributed by atoms with Gasteiger partial charge in [0.15, 0.2) is 0 Å². The fourth-order valence-electron chi connectivity index (χ4n) is 3.92. The van der Waals surface area contributed by atoms with Gasteiger partial charge in [-0.05, 0) is 32.2 Å². The maximum absolute atomic E-state index is 8.89. The van der Waals surface area contributed by atoms with E-state index in [1.165, 1.54) is 27.7 Å². The molecule has 0 radical (unpaired) electrons. The number of hydrogen-bond donors (Lipinski definition) is 0. The minimum Gasteiger partial charge on any atom is -0.550 e. The van der Waals surface area contributed by atoms with Gasteiger partial charge >= 0.3 is 0 Å². The molecule has 4 rings (SSSR count). The van der Waals surface area contributed by atoms with Gasteiger partial charge in [0.25, 0.3) is 0 Å². The second kappa shape index (κ2) is 8.49. The zero-order valence-corrected chi connectivity index (χ0v) is 18.1. The summed E-state index contributed by atoms with van der Waals surface area (Å²) in [6, 6.07) is 23.3. The summed E-state index contributed by atoms with van der Waals surface area (Å²) in [5, 5.41) is 18.1. The lowest BCUT2D eigenvalue weighted by Crippen LogP contribution is -2.30. The first-order valence-corrected chi connectivity index (χ1v) is 9.87. The van der Waals surface area contributed by atoms with Gasteiger partial charge in [-0.2, -0.15) is 9.68 Å². The lowest BCUT2D eigenvalue weighted by molar-refractivity contribution is -0.400. The van der Waals surface area contributed by atoms with Gasteiger partial charge < -0.3 is 9.90 Å². The summed E-state index contributed by atoms with van der Waals surface area (Å²) in [4.78, 5) is 8.89. The highest BCUT2D eigenvalue weighted by Crippen LogP contribution is 2.38. The SMILES string of the molecule is CC(=O)[O-].CN(/N=C/C1=[N+](C)c2ccccc2C1(C)C)c1cccc2ccccc12. The van der Waals surface area contributed by atoms with Gasteiger partial charge in [-0.15, -0.1) is 0 Å². The molecular weight excluding hydrogens is 374 g/mol. The van der Waals surface area contributed by atoms with E-state index in [2.05, 4.69) is 92.2 Å². The summed E-state index contributed by atoms with van der Waals surface area (Å²) in [5.74, 6) is -1.08. The zero-order valence-electron chi connectivity index (χ0n) is 18.1. The maximum atomic E-state index is 8.89. The smallest absolute Gasteiger partial charge is 0.212 e. The number of para-hydroxylation sites is 1. The predicted molar refractivity (Wildman–Crippen MR) is 122 cm³/mol. The summed E-state index contributed by atoms with van der Waals surface area (Å²) in [5.41, 5.74) is 4.85. The third-order valence-corrected chi connectivity index (χ3v) is 5.41. The van der Waals surface area contributed by atoms with Gasteiger partial charge in [-0.3, -0.25) is 5.01 Å². The molecule has 1 aliphatic rings. The van der Waals surface area contributed by atoms with Gasteiger partial charge in [-0.1, -0.05) is 54.6 Å². The molecule has 154 valence electrons. The van der Waals surface area contributed by atoms with E-state index < -0.39 is 5.97 Å². The highest BCUT2D eigenvalue weighted by molar-refractivity contribution is 6.33. The molecule has 0 bridgehead atoms. The Balaban J connectivity index is 0.000000589. The largest absolute Gasteiger partial charge is 0.550 e. The molecule has 3 aromatic carbocycles. The van der Waals surface area contributed by atoms with E-state index in [4.69, 9.17) is 15.0 Å². The van der Waals surface area contributed by atoms with Crippen LogP contribution in [0.5, 0.6) is 0 Å². The van der Waals surface area contributed by atoms with Crippen molar-refractivity contribution in [3.8, 4) is 0 Å². The van der Waals surface area contributed by atoms with Crippen molar-refractivity contribution >= 4 is 40.0 Å². The van der Waals surface area contributed by atoms with Crippen LogP contribution in [0.15, 0.2) is 71.8 Å². The molecule has 0 atom stereocenters. The van der Waals surface area contributed by atoms with Gasteiger partial charge in [0.05, 0.1) is 11.1 Å². The molecule has 0 saturated heterocycles. The summed E-state index contributed by atoms with van der Waals surface area (Å²) in [6.07, 6.45) is 2.00. The van der Waals surface area contributed by atoms with Gasteiger partial charge in [0.1, 0.15) is 13.3 Å². The number of benzene rings is 3. The Morgan fingerprint density at radius 1 is 1.03 bits per heavy atom. The van der Waals surface area contributed by atoms with Crippen LogP contribution in [0.25, 0.3) is 10.8 Å². The van der Waals surface area contributed by atoms with E-state index in [0.29, 0.717) is 0 Å². The minimum atomic E-state index is -1.08. The van der Waals surface area contributed by atoms with Crippen LogP contribution in [0.3, 0.4) is 0 Å². The first-order chi connectivity index (χ1) is 14.2. The predicted octanol–water partition coefficient (Wildman–Crippen LogP) is 3.72. The van der Waals surface area contributed by atoms with Crippen molar-refractivity contribution in [1.82, 2.24) is 0 Å². The second-order valence-electron chi connectivity index (χ2n) is 7.84. The lowest BCUT2D eigenvalue weighted by atomic mass is 9.82.